The molecule has 15 heavy (non-hydrogen) atoms. The monoisotopic (exact) mass is 208 g/mol. The second-order valence-electron chi connectivity index (χ2n) is 3.55. The molecule has 0 saturated carbocycles. The van der Waals surface area contributed by atoms with E-state index in [-0.39, 0.29) is 23.2 Å². The van der Waals surface area contributed by atoms with Crippen LogP contribution in [0.15, 0.2) is 17.2 Å². The maximum atomic E-state index is 11.6. The summed E-state index contributed by atoms with van der Waals surface area (Å²) in [4.78, 5) is 30.8. The van der Waals surface area contributed by atoms with Crippen molar-refractivity contribution in [3.05, 3.63) is 22.7 Å². The largest absolute Gasteiger partial charge is 0.330 e. The summed E-state index contributed by atoms with van der Waals surface area (Å²) in [6.45, 7) is 0.933. The minimum Gasteiger partial charge on any atom is -0.330 e. The molecule has 1 aliphatic rings. The van der Waals surface area contributed by atoms with Gasteiger partial charge in [0.2, 0.25) is 11.7 Å². The Morgan fingerprint density at radius 1 is 1.60 bits per heavy atom. The fourth-order valence-corrected chi connectivity index (χ4v) is 1.68. The Bertz CT molecular complexity index is 428. The fourth-order valence-electron chi connectivity index (χ4n) is 1.68. The second kappa shape index (κ2) is 3.82. The van der Waals surface area contributed by atoms with Crippen LogP contribution in [-0.2, 0) is 4.79 Å². The molecule has 1 fully saturated rings. The van der Waals surface area contributed by atoms with E-state index in [1.165, 1.54) is 17.3 Å². The van der Waals surface area contributed by atoms with E-state index in [9.17, 15) is 9.59 Å². The number of nitrogens with one attached hydrogen (secondary N) is 1. The molecule has 2 rings (SSSR count). The van der Waals surface area contributed by atoms with Crippen molar-refractivity contribution >= 4 is 11.7 Å². The number of amides is 1. The third kappa shape index (κ3) is 1.75. The van der Waals surface area contributed by atoms with E-state index >= 15 is 0 Å². The molecule has 3 N–H and O–H groups in total. The zero-order valence-corrected chi connectivity index (χ0v) is 8.14. The van der Waals surface area contributed by atoms with Crippen molar-refractivity contribution in [3.8, 4) is 0 Å². The van der Waals surface area contributed by atoms with Crippen LogP contribution in [0, 0.1) is 5.92 Å². The van der Waals surface area contributed by atoms with Crippen molar-refractivity contribution in [1.82, 2.24) is 9.97 Å². The molecule has 6 nitrogen and oxygen atoms in total. The molecule has 2 heterocycles. The van der Waals surface area contributed by atoms with E-state index in [0.717, 1.165) is 0 Å². The molecule has 1 amide bonds. The maximum absolute atomic E-state index is 11.6. The topological polar surface area (TPSA) is 92.1 Å². The third-order valence-electron chi connectivity index (χ3n) is 2.48. The number of H-pyrrole nitrogens is 1. The third-order valence-corrected chi connectivity index (χ3v) is 2.48. The van der Waals surface area contributed by atoms with E-state index < -0.39 is 0 Å². The predicted octanol–water partition coefficient (Wildman–Crippen LogP) is -0.919. The first-order valence-corrected chi connectivity index (χ1v) is 4.76. The van der Waals surface area contributed by atoms with E-state index in [1.807, 2.05) is 0 Å². The summed E-state index contributed by atoms with van der Waals surface area (Å²) >= 11 is 0. The van der Waals surface area contributed by atoms with E-state index in [1.54, 1.807) is 0 Å². The zero-order valence-electron chi connectivity index (χ0n) is 8.14. The van der Waals surface area contributed by atoms with Crippen molar-refractivity contribution in [1.29, 1.82) is 0 Å². The number of rotatable bonds is 2. The molecular weight excluding hydrogens is 196 g/mol. The van der Waals surface area contributed by atoms with Crippen LogP contribution in [0.3, 0.4) is 0 Å². The first-order chi connectivity index (χ1) is 7.22. The van der Waals surface area contributed by atoms with Gasteiger partial charge in [-0.1, -0.05) is 0 Å². The average molecular weight is 208 g/mol. The van der Waals surface area contributed by atoms with Gasteiger partial charge in [0, 0.05) is 25.4 Å². The van der Waals surface area contributed by atoms with Gasteiger partial charge in [0.25, 0.3) is 5.56 Å². The Labute approximate surface area is 86.1 Å². The highest BCUT2D eigenvalue weighted by Gasteiger charge is 2.31. The van der Waals surface area contributed by atoms with Crippen LogP contribution in [0.1, 0.15) is 6.42 Å². The Kier molecular flexibility index (Phi) is 2.51. The van der Waals surface area contributed by atoms with Gasteiger partial charge in [0.05, 0.1) is 0 Å². The molecule has 0 aliphatic carbocycles. The first-order valence-electron chi connectivity index (χ1n) is 4.76. The lowest BCUT2D eigenvalue weighted by atomic mass is 10.1. The Morgan fingerprint density at radius 2 is 2.40 bits per heavy atom. The number of hydrogen-bond acceptors (Lipinski definition) is 4. The molecule has 1 atom stereocenters. The van der Waals surface area contributed by atoms with Crippen LogP contribution in [0.4, 0.5) is 5.82 Å². The minimum atomic E-state index is -0.344. The fraction of sp³-hybridized carbons (Fsp3) is 0.444. The lowest BCUT2D eigenvalue weighted by molar-refractivity contribution is -0.117. The van der Waals surface area contributed by atoms with Gasteiger partial charge in [0.1, 0.15) is 0 Å². The number of hydrogen-bond donors (Lipinski definition) is 2. The smallest absolute Gasteiger partial charge is 0.291 e. The van der Waals surface area contributed by atoms with Gasteiger partial charge in [-0.05, 0) is 12.5 Å². The molecule has 6 heteroatoms. The normalized spacial score (nSPS) is 21.0. The van der Waals surface area contributed by atoms with Crippen molar-refractivity contribution < 1.29 is 4.79 Å². The highest BCUT2D eigenvalue weighted by Crippen LogP contribution is 2.19. The average Bonchev–Trinajstić information content (AvgIpc) is 2.60. The second-order valence-corrected chi connectivity index (χ2v) is 3.55. The summed E-state index contributed by atoms with van der Waals surface area (Å²) in [6.07, 6.45) is 3.29. The number of carbonyl (C=O) groups excluding carboxylic acids is 1. The summed E-state index contributed by atoms with van der Waals surface area (Å²) < 4.78 is 0. The lowest BCUT2D eigenvalue weighted by Crippen LogP contribution is -2.32. The molecule has 0 aromatic carbocycles. The van der Waals surface area contributed by atoms with Crippen LogP contribution in [0.25, 0.3) is 0 Å². The molecule has 1 aliphatic heterocycles. The summed E-state index contributed by atoms with van der Waals surface area (Å²) in [5.74, 6) is 0.201. The number of carbonyl (C=O) groups is 1. The zero-order chi connectivity index (χ0) is 10.8. The molecule has 1 aromatic rings. The Hall–Kier alpha value is -1.69. The summed E-state index contributed by atoms with van der Waals surface area (Å²) in [5, 5.41) is 0. The van der Waals surface area contributed by atoms with Gasteiger partial charge < -0.3 is 10.7 Å². The van der Waals surface area contributed by atoms with Gasteiger partial charge in [0.15, 0.2) is 0 Å². The predicted molar refractivity (Wildman–Crippen MR) is 54.4 cm³/mol. The van der Waals surface area contributed by atoms with Crippen molar-refractivity contribution in [3.63, 3.8) is 0 Å². The Balaban J connectivity index is 2.29. The molecule has 80 valence electrons. The standard InChI is InChI=1S/C9H12N4O2/c10-4-6-3-7(14)13(5-6)8-9(15)12-2-1-11-8/h1-2,6H,3-5,10H2,(H,12,15). The number of aromatic amines is 1. The lowest BCUT2D eigenvalue weighted by Gasteiger charge is -2.13. The molecule has 0 spiro atoms. The molecule has 0 radical (unpaired) electrons. The van der Waals surface area contributed by atoms with Gasteiger partial charge in [-0.3, -0.25) is 14.5 Å². The van der Waals surface area contributed by atoms with Crippen LogP contribution < -0.4 is 16.2 Å². The molecule has 1 saturated heterocycles. The highest BCUT2D eigenvalue weighted by molar-refractivity contribution is 5.94. The van der Waals surface area contributed by atoms with Crippen LogP contribution >= 0.6 is 0 Å². The summed E-state index contributed by atoms with van der Waals surface area (Å²) in [6, 6.07) is 0. The van der Waals surface area contributed by atoms with Crippen molar-refractivity contribution in [2.75, 3.05) is 18.0 Å². The molecular formula is C9H12N4O2. The van der Waals surface area contributed by atoms with Gasteiger partial charge >= 0.3 is 0 Å². The van der Waals surface area contributed by atoms with Crippen LogP contribution in [-0.4, -0.2) is 29.0 Å². The molecule has 1 aromatic heterocycles. The minimum absolute atomic E-state index is 0.0883. The first kappa shape index (κ1) is 9.85. The van der Waals surface area contributed by atoms with Crippen LogP contribution in [0.2, 0.25) is 0 Å². The number of nitrogens with two attached hydrogens (primary N) is 1. The Morgan fingerprint density at radius 3 is 3.00 bits per heavy atom. The van der Waals surface area contributed by atoms with E-state index in [4.69, 9.17) is 5.73 Å². The van der Waals surface area contributed by atoms with Gasteiger partial charge in [-0.25, -0.2) is 4.98 Å². The van der Waals surface area contributed by atoms with Gasteiger partial charge in [-0.15, -0.1) is 0 Å². The van der Waals surface area contributed by atoms with E-state index in [0.29, 0.717) is 19.5 Å². The van der Waals surface area contributed by atoms with E-state index in [2.05, 4.69) is 9.97 Å². The number of nitrogens with zero attached hydrogens (tertiary/aromatic N) is 2. The summed E-state index contributed by atoms with van der Waals surface area (Å²) in [5.41, 5.74) is 5.15. The quantitative estimate of drug-likeness (QED) is 0.657. The van der Waals surface area contributed by atoms with Crippen molar-refractivity contribution in [2.45, 2.75) is 6.42 Å². The maximum Gasteiger partial charge on any atom is 0.291 e. The highest BCUT2D eigenvalue weighted by atomic mass is 16.2. The SMILES string of the molecule is NCC1CC(=O)N(c2ncc[nH]c2=O)C1. The molecule has 1 unspecified atom stereocenters. The molecule has 0 bridgehead atoms. The van der Waals surface area contributed by atoms with Crippen LogP contribution in [0.5, 0.6) is 0 Å². The summed E-state index contributed by atoms with van der Waals surface area (Å²) in [7, 11) is 0. The number of aromatic nitrogens is 2. The van der Waals surface area contributed by atoms with Crippen molar-refractivity contribution in [2.24, 2.45) is 11.7 Å². The number of anilines is 1. The van der Waals surface area contributed by atoms with Gasteiger partial charge in [-0.2, -0.15) is 0 Å².